The Morgan fingerprint density at radius 1 is 1.47 bits per heavy atom. The topological polar surface area (TPSA) is 72.6 Å². The van der Waals surface area contributed by atoms with Crippen LogP contribution in [0.4, 0.5) is 0 Å². The number of nitrogens with zero attached hydrogens (tertiary/aromatic N) is 1. The van der Waals surface area contributed by atoms with E-state index in [1.165, 1.54) is 0 Å². The number of carboxylic acid groups (broad SMARTS) is 1. The van der Waals surface area contributed by atoms with Crippen LogP contribution >= 0.6 is 0 Å². The number of oxazole rings is 1. The summed E-state index contributed by atoms with van der Waals surface area (Å²) in [7, 11) is 0. The lowest BCUT2D eigenvalue weighted by molar-refractivity contribution is -0.0256. The van der Waals surface area contributed by atoms with E-state index in [4.69, 9.17) is 14.3 Å². The second-order valence-electron chi connectivity index (χ2n) is 5.52. The van der Waals surface area contributed by atoms with Crippen molar-refractivity contribution in [3.63, 3.8) is 0 Å². The van der Waals surface area contributed by atoms with Gasteiger partial charge in [-0.1, -0.05) is 0 Å². The third-order valence-corrected chi connectivity index (χ3v) is 3.91. The molecule has 0 spiro atoms. The predicted octanol–water partition coefficient (Wildman–Crippen LogP) is 2.61. The highest BCUT2D eigenvalue weighted by Gasteiger charge is 2.35. The van der Waals surface area contributed by atoms with Crippen LogP contribution in [0, 0.1) is 5.92 Å². The van der Waals surface area contributed by atoms with Crippen molar-refractivity contribution in [1.29, 1.82) is 0 Å². The van der Waals surface area contributed by atoms with E-state index in [1.54, 1.807) is 0 Å². The Hall–Kier alpha value is -1.36. The molecule has 5 heteroatoms. The van der Waals surface area contributed by atoms with Crippen LogP contribution in [0.5, 0.6) is 0 Å². The molecule has 104 valence electrons. The van der Waals surface area contributed by atoms with Crippen molar-refractivity contribution in [3.8, 4) is 0 Å². The van der Waals surface area contributed by atoms with Gasteiger partial charge >= 0.3 is 5.97 Å². The molecule has 0 bridgehead atoms. The van der Waals surface area contributed by atoms with Gasteiger partial charge in [0, 0.05) is 18.9 Å². The van der Waals surface area contributed by atoms with Crippen LogP contribution in [0.15, 0.2) is 4.42 Å². The van der Waals surface area contributed by atoms with E-state index in [-0.39, 0.29) is 5.76 Å². The van der Waals surface area contributed by atoms with Crippen LogP contribution in [0.2, 0.25) is 0 Å². The maximum absolute atomic E-state index is 11.1. The molecule has 1 N–H and O–H groups in total. The average molecular weight is 265 g/mol. The van der Waals surface area contributed by atoms with Crippen molar-refractivity contribution in [2.24, 2.45) is 5.92 Å². The largest absolute Gasteiger partial charge is 0.475 e. The van der Waals surface area contributed by atoms with Gasteiger partial charge in [-0.25, -0.2) is 9.78 Å². The molecule has 0 saturated heterocycles. The predicted molar refractivity (Wildman–Crippen MR) is 67.3 cm³/mol. The first-order valence-corrected chi connectivity index (χ1v) is 7.01. The van der Waals surface area contributed by atoms with E-state index in [0.717, 1.165) is 38.7 Å². The Morgan fingerprint density at radius 3 is 2.79 bits per heavy atom. The summed E-state index contributed by atoms with van der Waals surface area (Å²) in [6.45, 7) is 2.76. The van der Waals surface area contributed by atoms with E-state index in [9.17, 15) is 4.79 Å². The van der Waals surface area contributed by atoms with Gasteiger partial charge in [0.2, 0.25) is 5.76 Å². The Balaban J connectivity index is 1.62. The molecule has 2 aliphatic rings. The van der Waals surface area contributed by atoms with Crippen LogP contribution in [-0.4, -0.2) is 28.8 Å². The van der Waals surface area contributed by atoms with Crippen LogP contribution in [0.25, 0.3) is 0 Å². The number of rotatable bonds is 6. The molecule has 0 unspecified atom stereocenters. The van der Waals surface area contributed by atoms with Crippen molar-refractivity contribution in [2.75, 3.05) is 6.61 Å². The third kappa shape index (κ3) is 2.66. The highest BCUT2D eigenvalue weighted by Crippen LogP contribution is 2.42. The van der Waals surface area contributed by atoms with Gasteiger partial charge in [0.25, 0.3) is 0 Å². The van der Waals surface area contributed by atoms with Gasteiger partial charge in [0.05, 0.1) is 11.8 Å². The Kier molecular flexibility index (Phi) is 3.31. The van der Waals surface area contributed by atoms with Gasteiger partial charge < -0.3 is 14.3 Å². The second-order valence-corrected chi connectivity index (χ2v) is 5.52. The zero-order chi connectivity index (χ0) is 13.4. The fraction of sp³-hybridized carbons (Fsp3) is 0.714. The smallest absolute Gasteiger partial charge is 0.373 e. The number of ether oxygens (including phenoxy) is 1. The molecular formula is C14H19NO4. The summed E-state index contributed by atoms with van der Waals surface area (Å²) in [6, 6.07) is 0. The normalized spacial score (nSPS) is 26.2. The number of aromatic nitrogens is 1. The van der Waals surface area contributed by atoms with Gasteiger partial charge in [-0.3, -0.25) is 0 Å². The summed E-state index contributed by atoms with van der Waals surface area (Å²) in [5, 5.41) is 9.12. The molecule has 0 amide bonds. The molecular weight excluding hydrogens is 246 g/mol. The van der Waals surface area contributed by atoms with Crippen LogP contribution in [-0.2, 0) is 11.2 Å². The summed E-state index contributed by atoms with van der Waals surface area (Å²) in [5.74, 6) is 0.462. The summed E-state index contributed by atoms with van der Waals surface area (Å²) < 4.78 is 10.9. The van der Waals surface area contributed by atoms with Crippen LogP contribution in [0.1, 0.15) is 60.7 Å². The average Bonchev–Trinajstić information content (AvgIpc) is 3.07. The first kappa shape index (κ1) is 12.7. The van der Waals surface area contributed by atoms with E-state index in [0.29, 0.717) is 29.5 Å². The molecule has 19 heavy (non-hydrogen) atoms. The van der Waals surface area contributed by atoms with Gasteiger partial charge in [-0.05, 0) is 38.5 Å². The quantitative estimate of drug-likeness (QED) is 0.856. The molecule has 0 atom stereocenters. The number of hydrogen-bond donors (Lipinski definition) is 1. The molecule has 2 aliphatic carbocycles. The number of carbonyl (C=O) groups is 1. The number of carboxylic acids is 1. The summed E-state index contributed by atoms with van der Waals surface area (Å²) in [6.07, 6.45) is 5.21. The molecule has 5 nitrogen and oxygen atoms in total. The zero-order valence-electron chi connectivity index (χ0n) is 11.1. The lowest BCUT2D eigenvalue weighted by Gasteiger charge is -2.34. The lowest BCUT2D eigenvalue weighted by atomic mass is 9.80. The van der Waals surface area contributed by atoms with Crippen LogP contribution in [0.3, 0.4) is 0 Å². The molecule has 0 aliphatic heterocycles. The summed E-state index contributed by atoms with van der Waals surface area (Å²) in [5.41, 5.74) is 0.656. The Bertz CT molecular complexity index is 472. The fourth-order valence-electron chi connectivity index (χ4n) is 2.71. The highest BCUT2D eigenvalue weighted by molar-refractivity contribution is 5.85. The number of hydrogen-bond acceptors (Lipinski definition) is 4. The van der Waals surface area contributed by atoms with E-state index in [1.807, 2.05) is 6.92 Å². The standard InChI is InChI=1S/C14H19NO4/c1-2-18-10-5-8(6-10)7-11-15-12(9-3-4-9)13(19-11)14(16)17/h8-10H,2-7H2,1H3,(H,16,17). The van der Waals surface area contributed by atoms with Crippen molar-refractivity contribution >= 4 is 5.97 Å². The van der Waals surface area contributed by atoms with Gasteiger partial charge in [0.15, 0.2) is 5.89 Å². The molecule has 1 aromatic heterocycles. The maximum Gasteiger partial charge on any atom is 0.373 e. The molecule has 0 radical (unpaired) electrons. The first-order valence-electron chi connectivity index (χ1n) is 7.01. The van der Waals surface area contributed by atoms with Crippen LogP contribution < -0.4 is 0 Å². The molecule has 2 fully saturated rings. The van der Waals surface area contributed by atoms with E-state index < -0.39 is 5.97 Å². The van der Waals surface area contributed by atoms with Crippen molar-refractivity contribution in [3.05, 3.63) is 17.3 Å². The zero-order valence-corrected chi connectivity index (χ0v) is 11.1. The second kappa shape index (κ2) is 4.96. The summed E-state index contributed by atoms with van der Waals surface area (Å²) >= 11 is 0. The minimum atomic E-state index is -0.999. The molecule has 3 rings (SSSR count). The van der Waals surface area contributed by atoms with Crippen molar-refractivity contribution < 1.29 is 19.1 Å². The molecule has 2 saturated carbocycles. The maximum atomic E-state index is 11.1. The van der Waals surface area contributed by atoms with E-state index in [2.05, 4.69) is 4.98 Å². The monoisotopic (exact) mass is 265 g/mol. The minimum absolute atomic E-state index is 0.0539. The highest BCUT2D eigenvalue weighted by atomic mass is 16.5. The SMILES string of the molecule is CCOC1CC(Cc2nc(C3CC3)c(C(=O)O)o2)C1. The molecule has 0 aromatic carbocycles. The Labute approximate surface area is 112 Å². The van der Waals surface area contributed by atoms with Crippen molar-refractivity contribution in [1.82, 2.24) is 4.98 Å². The van der Waals surface area contributed by atoms with Gasteiger partial charge in [0.1, 0.15) is 0 Å². The molecule has 1 aromatic rings. The summed E-state index contributed by atoms with van der Waals surface area (Å²) in [4.78, 5) is 15.5. The lowest BCUT2D eigenvalue weighted by Crippen LogP contribution is -2.32. The third-order valence-electron chi connectivity index (χ3n) is 3.91. The minimum Gasteiger partial charge on any atom is -0.475 e. The van der Waals surface area contributed by atoms with E-state index >= 15 is 0 Å². The van der Waals surface area contributed by atoms with Gasteiger partial charge in [-0.15, -0.1) is 0 Å². The van der Waals surface area contributed by atoms with Crippen molar-refractivity contribution in [2.45, 2.75) is 51.0 Å². The molecule has 1 heterocycles. The fourth-order valence-corrected chi connectivity index (χ4v) is 2.71. The van der Waals surface area contributed by atoms with Gasteiger partial charge in [-0.2, -0.15) is 0 Å². The number of aromatic carboxylic acids is 1. The Morgan fingerprint density at radius 2 is 2.21 bits per heavy atom. The first-order chi connectivity index (χ1) is 9.17.